The molecule has 26 heavy (non-hydrogen) atoms. The van der Waals surface area contributed by atoms with Crippen molar-refractivity contribution < 1.29 is 4.79 Å². The average molecular weight is 344 g/mol. The highest BCUT2D eigenvalue weighted by atomic mass is 16.2. The van der Waals surface area contributed by atoms with Crippen molar-refractivity contribution in [3.8, 4) is 11.1 Å². The normalized spacial score (nSPS) is 16.8. The van der Waals surface area contributed by atoms with Crippen molar-refractivity contribution >= 4 is 22.8 Å². The van der Waals surface area contributed by atoms with Gasteiger partial charge in [-0.2, -0.15) is 0 Å². The van der Waals surface area contributed by atoms with Crippen molar-refractivity contribution in [2.45, 2.75) is 12.3 Å². The van der Waals surface area contributed by atoms with Crippen LogP contribution in [-0.4, -0.2) is 33.9 Å². The van der Waals surface area contributed by atoms with Crippen molar-refractivity contribution in [1.29, 1.82) is 0 Å². The van der Waals surface area contributed by atoms with Gasteiger partial charge in [0.1, 0.15) is 0 Å². The Morgan fingerprint density at radius 3 is 2.81 bits per heavy atom. The van der Waals surface area contributed by atoms with Gasteiger partial charge in [0.2, 0.25) is 11.9 Å². The molecule has 5 nitrogen and oxygen atoms in total. The summed E-state index contributed by atoms with van der Waals surface area (Å²) in [6, 6.07) is 14.5. The molecule has 0 bridgehead atoms. The standard InChI is InChI=1S/C21H20N4O/c1-2-19(26)25-9-8-15(13-25)18-11-16(14-6-4-3-5-7-14)10-17-12-23-21(22)24-20(17)18/h2-7,10-12,15H,1,8-9,13H2,(H2,22,23,24). The summed E-state index contributed by atoms with van der Waals surface area (Å²) in [6.45, 7) is 4.99. The van der Waals surface area contributed by atoms with Crippen LogP contribution in [-0.2, 0) is 4.79 Å². The van der Waals surface area contributed by atoms with Crippen LogP contribution in [0.25, 0.3) is 22.0 Å². The second-order valence-electron chi connectivity index (χ2n) is 6.57. The summed E-state index contributed by atoms with van der Waals surface area (Å²) in [5, 5.41) is 0.962. The number of hydrogen-bond donors (Lipinski definition) is 1. The summed E-state index contributed by atoms with van der Waals surface area (Å²) in [5.41, 5.74) is 10.1. The topological polar surface area (TPSA) is 72.1 Å². The van der Waals surface area contributed by atoms with Gasteiger partial charge in [0.05, 0.1) is 5.52 Å². The highest BCUT2D eigenvalue weighted by molar-refractivity contribution is 5.89. The lowest BCUT2D eigenvalue weighted by atomic mass is 9.92. The Morgan fingerprint density at radius 1 is 1.23 bits per heavy atom. The van der Waals surface area contributed by atoms with Crippen LogP contribution < -0.4 is 5.73 Å². The molecule has 1 unspecified atom stereocenters. The molecule has 1 atom stereocenters. The van der Waals surface area contributed by atoms with E-state index in [9.17, 15) is 4.79 Å². The van der Waals surface area contributed by atoms with Crippen LogP contribution in [0.4, 0.5) is 5.95 Å². The van der Waals surface area contributed by atoms with Crippen LogP contribution in [0.1, 0.15) is 17.9 Å². The van der Waals surface area contributed by atoms with Crippen molar-refractivity contribution in [2.75, 3.05) is 18.8 Å². The number of likely N-dealkylation sites (tertiary alicyclic amines) is 1. The Morgan fingerprint density at radius 2 is 2.04 bits per heavy atom. The summed E-state index contributed by atoms with van der Waals surface area (Å²) in [7, 11) is 0. The Bertz CT molecular complexity index is 984. The third-order valence-corrected chi connectivity index (χ3v) is 4.95. The molecular formula is C21H20N4O. The molecule has 1 aromatic heterocycles. The number of nitrogens with zero attached hydrogens (tertiary/aromatic N) is 3. The van der Waals surface area contributed by atoms with E-state index in [0.717, 1.165) is 40.6 Å². The second kappa shape index (κ2) is 6.59. The largest absolute Gasteiger partial charge is 0.368 e. The van der Waals surface area contributed by atoms with Crippen LogP contribution in [0.5, 0.6) is 0 Å². The minimum Gasteiger partial charge on any atom is -0.368 e. The number of nitrogen functional groups attached to an aromatic ring is 1. The second-order valence-corrected chi connectivity index (χ2v) is 6.57. The van der Waals surface area contributed by atoms with E-state index < -0.39 is 0 Å². The van der Waals surface area contributed by atoms with E-state index in [1.807, 2.05) is 23.1 Å². The Kier molecular flexibility index (Phi) is 4.13. The van der Waals surface area contributed by atoms with Gasteiger partial charge in [-0.1, -0.05) is 36.9 Å². The van der Waals surface area contributed by atoms with Crippen molar-refractivity contribution in [2.24, 2.45) is 0 Å². The predicted octanol–water partition coefficient (Wildman–Crippen LogP) is 3.38. The monoisotopic (exact) mass is 344 g/mol. The Hall–Kier alpha value is -3.21. The summed E-state index contributed by atoms with van der Waals surface area (Å²) in [4.78, 5) is 22.4. The number of anilines is 1. The molecule has 1 saturated heterocycles. The van der Waals surface area contributed by atoms with Crippen LogP contribution in [0.2, 0.25) is 0 Å². The summed E-state index contributed by atoms with van der Waals surface area (Å²) < 4.78 is 0. The summed E-state index contributed by atoms with van der Waals surface area (Å²) >= 11 is 0. The Labute approximate surface area is 152 Å². The molecule has 2 heterocycles. The first-order chi connectivity index (χ1) is 12.7. The molecule has 1 fully saturated rings. The molecule has 0 radical (unpaired) electrons. The molecule has 1 aliphatic rings. The quantitative estimate of drug-likeness (QED) is 0.739. The van der Waals surface area contributed by atoms with Gasteiger partial charge in [0.25, 0.3) is 0 Å². The minimum absolute atomic E-state index is 0.0230. The van der Waals surface area contributed by atoms with Crippen LogP contribution in [0.15, 0.2) is 61.3 Å². The number of aromatic nitrogens is 2. The van der Waals surface area contributed by atoms with Gasteiger partial charge < -0.3 is 10.6 Å². The fourth-order valence-corrected chi connectivity index (χ4v) is 3.64. The number of hydrogen-bond acceptors (Lipinski definition) is 4. The third-order valence-electron chi connectivity index (χ3n) is 4.95. The number of amides is 1. The fraction of sp³-hybridized carbons (Fsp3) is 0.190. The SMILES string of the molecule is C=CC(=O)N1CCC(c2cc(-c3ccccc3)cc3cnc(N)nc23)C1. The fourth-order valence-electron chi connectivity index (χ4n) is 3.64. The first kappa shape index (κ1) is 16.3. The van der Waals surface area contributed by atoms with Gasteiger partial charge in [-0.15, -0.1) is 0 Å². The lowest BCUT2D eigenvalue weighted by Gasteiger charge is -2.17. The molecule has 1 amide bonds. The van der Waals surface area contributed by atoms with E-state index in [1.165, 1.54) is 6.08 Å². The molecular weight excluding hydrogens is 324 g/mol. The molecule has 3 aromatic rings. The molecule has 4 rings (SSSR count). The summed E-state index contributed by atoms with van der Waals surface area (Å²) in [6.07, 6.45) is 4.05. The van der Waals surface area contributed by atoms with Crippen molar-refractivity contribution in [1.82, 2.24) is 14.9 Å². The number of carbonyl (C=O) groups excluding carboxylic acids is 1. The average Bonchev–Trinajstić information content (AvgIpc) is 3.17. The van der Waals surface area contributed by atoms with Gasteiger partial charge >= 0.3 is 0 Å². The number of nitrogens with two attached hydrogens (primary N) is 1. The van der Waals surface area contributed by atoms with E-state index in [0.29, 0.717) is 6.54 Å². The molecule has 0 saturated carbocycles. The van der Waals surface area contributed by atoms with Crippen LogP contribution >= 0.6 is 0 Å². The molecule has 2 aromatic carbocycles. The lowest BCUT2D eigenvalue weighted by Crippen LogP contribution is -2.26. The molecule has 0 spiro atoms. The highest BCUT2D eigenvalue weighted by Crippen LogP contribution is 2.35. The molecule has 130 valence electrons. The molecule has 0 aliphatic carbocycles. The van der Waals surface area contributed by atoms with E-state index in [1.54, 1.807) is 6.20 Å². The van der Waals surface area contributed by atoms with E-state index in [2.05, 4.69) is 40.8 Å². The van der Waals surface area contributed by atoms with Gasteiger partial charge in [-0.3, -0.25) is 4.79 Å². The zero-order chi connectivity index (χ0) is 18.1. The van der Waals surface area contributed by atoms with Crippen LogP contribution in [0.3, 0.4) is 0 Å². The van der Waals surface area contributed by atoms with E-state index >= 15 is 0 Å². The number of carbonyl (C=O) groups is 1. The number of benzene rings is 2. The van der Waals surface area contributed by atoms with Gasteiger partial charge in [-0.05, 0) is 41.3 Å². The maximum atomic E-state index is 12.0. The van der Waals surface area contributed by atoms with Gasteiger partial charge in [0.15, 0.2) is 0 Å². The van der Waals surface area contributed by atoms with Gasteiger partial charge in [-0.25, -0.2) is 9.97 Å². The summed E-state index contributed by atoms with van der Waals surface area (Å²) in [5.74, 6) is 0.466. The highest BCUT2D eigenvalue weighted by Gasteiger charge is 2.28. The first-order valence-electron chi connectivity index (χ1n) is 8.68. The smallest absolute Gasteiger partial charge is 0.245 e. The van der Waals surface area contributed by atoms with E-state index in [-0.39, 0.29) is 17.8 Å². The maximum Gasteiger partial charge on any atom is 0.245 e. The number of rotatable bonds is 3. The molecule has 5 heteroatoms. The zero-order valence-electron chi connectivity index (χ0n) is 14.4. The van der Waals surface area contributed by atoms with Crippen molar-refractivity contribution in [3.63, 3.8) is 0 Å². The zero-order valence-corrected chi connectivity index (χ0v) is 14.4. The van der Waals surface area contributed by atoms with E-state index in [4.69, 9.17) is 5.73 Å². The molecule has 2 N–H and O–H groups in total. The minimum atomic E-state index is -0.0230. The van der Waals surface area contributed by atoms with Crippen LogP contribution in [0, 0.1) is 0 Å². The predicted molar refractivity (Wildman–Crippen MR) is 104 cm³/mol. The third kappa shape index (κ3) is 2.92. The molecule has 1 aliphatic heterocycles. The van der Waals surface area contributed by atoms with Gasteiger partial charge in [0, 0.05) is 30.6 Å². The number of fused-ring (bicyclic) bond motifs is 1. The maximum absolute atomic E-state index is 12.0. The van der Waals surface area contributed by atoms with Crippen molar-refractivity contribution in [3.05, 3.63) is 66.9 Å². The Balaban J connectivity index is 1.83. The lowest BCUT2D eigenvalue weighted by molar-refractivity contribution is -0.125. The first-order valence-corrected chi connectivity index (χ1v) is 8.68.